The molecule has 0 spiro atoms. The van der Waals surface area contributed by atoms with Gasteiger partial charge in [0.1, 0.15) is 11.5 Å². The van der Waals surface area contributed by atoms with Crippen molar-refractivity contribution in [2.24, 2.45) is 5.92 Å². The van der Waals surface area contributed by atoms with E-state index in [1.807, 2.05) is 60.7 Å². The van der Waals surface area contributed by atoms with Gasteiger partial charge in [-0.2, -0.15) is 0 Å². The van der Waals surface area contributed by atoms with Gasteiger partial charge in [-0.3, -0.25) is 0 Å². The van der Waals surface area contributed by atoms with Crippen molar-refractivity contribution < 1.29 is 9.52 Å². The fraction of sp³-hybridized carbons (Fsp3) is 0.292. The average molecular weight is 395 g/mol. The summed E-state index contributed by atoms with van der Waals surface area (Å²) in [5.41, 5.74) is 0.669. The predicted molar refractivity (Wildman–Crippen MR) is 116 cm³/mol. The third-order valence-corrected chi connectivity index (χ3v) is 5.92. The summed E-state index contributed by atoms with van der Waals surface area (Å²) in [7, 11) is 0. The van der Waals surface area contributed by atoms with Crippen molar-refractivity contribution in [2.75, 3.05) is 0 Å². The minimum Gasteiger partial charge on any atom is -0.507 e. The molecular weight excluding hydrogens is 368 g/mol. The highest BCUT2D eigenvalue weighted by atomic mass is 32.2. The molecule has 0 radical (unpaired) electrons. The molecule has 0 aliphatic rings. The topological polar surface area (TPSA) is 50.4 Å². The van der Waals surface area contributed by atoms with Crippen LogP contribution in [0.2, 0.25) is 0 Å². The van der Waals surface area contributed by atoms with E-state index >= 15 is 0 Å². The van der Waals surface area contributed by atoms with Crippen molar-refractivity contribution in [1.82, 2.24) is 0 Å². The lowest BCUT2D eigenvalue weighted by atomic mass is 10.0. The van der Waals surface area contributed by atoms with Crippen LogP contribution >= 0.6 is 11.8 Å². The van der Waals surface area contributed by atoms with Crippen molar-refractivity contribution >= 4 is 11.8 Å². The van der Waals surface area contributed by atoms with Gasteiger partial charge >= 0.3 is 5.63 Å². The Balaban J connectivity index is 1.93. The van der Waals surface area contributed by atoms with Gasteiger partial charge in [-0.15, -0.1) is 11.8 Å². The first-order valence-corrected chi connectivity index (χ1v) is 10.6. The molecule has 28 heavy (non-hydrogen) atoms. The Bertz CT molecular complexity index is 933. The Morgan fingerprint density at radius 1 is 0.964 bits per heavy atom. The molecule has 146 valence electrons. The van der Waals surface area contributed by atoms with Crippen LogP contribution < -0.4 is 5.63 Å². The third-order valence-electron chi connectivity index (χ3n) is 4.62. The van der Waals surface area contributed by atoms with Crippen molar-refractivity contribution in [3.05, 3.63) is 82.7 Å². The lowest BCUT2D eigenvalue weighted by molar-refractivity contribution is 0.435. The second kappa shape index (κ2) is 9.65. The van der Waals surface area contributed by atoms with Crippen LogP contribution in [-0.4, -0.2) is 5.11 Å². The zero-order valence-electron chi connectivity index (χ0n) is 16.3. The number of benzene rings is 2. The standard InChI is InChI=1S/C24H26O3S/c1-17(2)10-9-15-22(28-19-13-7-4-8-14-19)23-20(25)16-21(27-24(23)26)18-11-5-3-6-12-18/h3-8,11-14,16-17,22,25H,9-10,15H2,1-2H3. The molecule has 3 rings (SSSR count). The molecule has 2 aromatic carbocycles. The van der Waals surface area contributed by atoms with E-state index in [4.69, 9.17) is 4.42 Å². The van der Waals surface area contributed by atoms with Crippen LogP contribution in [0, 0.1) is 5.92 Å². The monoisotopic (exact) mass is 394 g/mol. The van der Waals surface area contributed by atoms with Crippen molar-refractivity contribution in [3.63, 3.8) is 0 Å². The lowest BCUT2D eigenvalue weighted by Gasteiger charge is -2.18. The highest BCUT2D eigenvalue weighted by Crippen LogP contribution is 2.41. The summed E-state index contributed by atoms with van der Waals surface area (Å²) >= 11 is 1.60. The van der Waals surface area contributed by atoms with Crippen LogP contribution in [0.5, 0.6) is 5.75 Å². The van der Waals surface area contributed by atoms with Gasteiger partial charge < -0.3 is 9.52 Å². The van der Waals surface area contributed by atoms with E-state index in [2.05, 4.69) is 13.8 Å². The van der Waals surface area contributed by atoms with Gasteiger partial charge in [0.2, 0.25) is 0 Å². The maximum atomic E-state index is 12.8. The minimum atomic E-state index is -0.461. The molecule has 0 aliphatic heterocycles. The van der Waals surface area contributed by atoms with Crippen molar-refractivity contribution in [2.45, 2.75) is 43.3 Å². The second-order valence-electron chi connectivity index (χ2n) is 7.31. The normalized spacial score (nSPS) is 12.2. The molecule has 4 heteroatoms. The van der Waals surface area contributed by atoms with Gasteiger partial charge in [0.25, 0.3) is 0 Å². The molecule has 1 heterocycles. The van der Waals surface area contributed by atoms with Crippen LogP contribution in [0.4, 0.5) is 0 Å². The number of rotatable bonds is 8. The summed E-state index contributed by atoms with van der Waals surface area (Å²) in [6.07, 6.45) is 2.88. The Morgan fingerprint density at radius 2 is 1.61 bits per heavy atom. The van der Waals surface area contributed by atoms with Crippen LogP contribution in [0.1, 0.15) is 43.9 Å². The molecule has 0 saturated heterocycles. The molecule has 0 aliphatic carbocycles. The zero-order chi connectivity index (χ0) is 19.9. The van der Waals surface area contributed by atoms with Gasteiger partial charge in [0, 0.05) is 21.8 Å². The predicted octanol–water partition coefficient (Wildman–Crippen LogP) is 6.67. The van der Waals surface area contributed by atoms with Crippen LogP contribution in [0.3, 0.4) is 0 Å². The van der Waals surface area contributed by atoms with Crippen LogP contribution in [0.25, 0.3) is 11.3 Å². The maximum Gasteiger partial charge on any atom is 0.344 e. The van der Waals surface area contributed by atoms with Gasteiger partial charge in [0.15, 0.2) is 0 Å². The summed E-state index contributed by atoms with van der Waals surface area (Å²) in [6.45, 7) is 4.39. The molecule has 1 N–H and O–H groups in total. The SMILES string of the molecule is CC(C)CCCC(Sc1ccccc1)c1c(O)cc(-c2ccccc2)oc1=O. The molecule has 3 nitrogen and oxygen atoms in total. The van der Waals surface area contributed by atoms with E-state index in [9.17, 15) is 9.90 Å². The summed E-state index contributed by atoms with van der Waals surface area (Å²) in [5, 5.41) is 10.6. The van der Waals surface area contributed by atoms with Gasteiger partial charge in [0.05, 0.1) is 5.56 Å². The summed E-state index contributed by atoms with van der Waals surface area (Å²) in [5.74, 6) is 0.999. The fourth-order valence-corrected chi connectivity index (χ4v) is 4.43. The Labute approximate surface area is 170 Å². The number of aromatic hydroxyl groups is 1. The molecular formula is C24H26O3S. The van der Waals surface area contributed by atoms with E-state index in [-0.39, 0.29) is 11.0 Å². The molecule has 0 amide bonds. The Kier molecular flexibility index (Phi) is 6.99. The smallest absolute Gasteiger partial charge is 0.344 e. The molecule has 0 saturated carbocycles. The number of thioether (sulfide) groups is 1. The van der Waals surface area contributed by atoms with E-state index in [1.54, 1.807) is 17.8 Å². The van der Waals surface area contributed by atoms with Crippen molar-refractivity contribution in [1.29, 1.82) is 0 Å². The third kappa shape index (κ3) is 5.29. The highest BCUT2D eigenvalue weighted by molar-refractivity contribution is 7.99. The second-order valence-corrected chi connectivity index (χ2v) is 8.58. The first kappa shape index (κ1) is 20.3. The average Bonchev–Trinajstić information content (AvgIpc) is 2.68. The summed E-state index contributed by atoms with van der Waals surface area (Å²) < 4.78 is 5.59. The summed E-state index contributed by atoms with van der Waals surface area (Å²) in [4.78, 5) is 13.9. The highest BCUT2D eigenvalue weighted by Gasteiger charge is 2.23. The molecule has 1 atom stereocenters. The van der Waals surface area contributed by atoms with Crippen LogP contribution in [0.15, 0.2) is 80.8 Å². The largest absolute Gasteiger partial charge is 0.507 e. The van der Waals surface area contributed by atoms with E-state index in [0.29, 0.717) is 17.2 Å². The molecule has 0 bridgehead atoms. The van der Waals surface area contributed by atoms with Crippen molar-refractivity contribution in [3.8, 4) is 17.1 Å². The number of hydrogen-bond acceptors (Lipinski definition) is 4. The molecule has 1 aromatic heterocycles. The number of hydrogen-bond donors (Lipinski definition) is 1. The van der Waals surface area contributed by atoms with Gasteiger partial charge in [-0.1, -0.05) is 75.2 Å². The first-order valence-electron chi connectivity index (χ1n) is 9.68. The van der Waals surface area contributed by atoms with Crippen LogP contribution in [-0.2, 0) is 0 Å². The Hall–Kier alpha value is -2.46. The van der Waals surface area contributed by atoms with E-state index in [0.717, 1.165) is 29.7 Å². The van der Waals surface area contributed by atoms with Gasteiger partial charge in [-0.25, -0.2) is 4.79 Å². The minimum absolute atomic E-state index is 0.00748. The Morgan fingerprint density at radius 3 is 2.21 bits per heavy atom. The molecule has 1 unspecified atom stereocenters. The fourth-order valence-electron chi connectivity index (χ4n) is 3.17. The zero-order valence-corrected chi connectivity index (χ0v) is 17.1. The van der Waals surface area contributed by atoms with E-state index in [1.165, 1.54) is 0 Å². The molecule has 0 fully saturated rings. The lowest BCUT2D eigenvalue weighted by Crippen LogP contribution is -2.12. The summed E-state index contributed by atoms with van der Waals surface area (Å²) in [6, 6.07) is 20.9. The first-order chi connectivity index (χ1) is 13.5. The quantitative estimate of drug-likeness (QED) is 0.433. The maximum absolute atomic E-state index is 12.8. The van der Waals surface area contributed by atoms with Gasteiger partial charge in [-0.05, 0) is 24.5 Å². The van der Waals surface area contributed by atoms with E-state index < -0.39 is 5.63 Å². The molecule has 3 aromatic rings.